The molecule has 0 aliphatic heterocycles. The van der Waals surface area contributed by atoms with Crippen LogP contribution in [0.4, 0.5) is 0 Å². The van der Waals surface area contributed by atoms with Crippen LogP contribution >= 0.6 is 23.1 Å². The molecule has 0 aliphatic carbocycles. The lowest BCUT2D eigenvalue weighted by Gasteiger charge is -2.02. The van der Waals surface area contributed by atoms with Gasteiger partial charge >= 0.3 is 0 Å². The number of thioether (sulfide) groups is 1. The molecule has 4 rings (SSSR count). The monoisotopic (exact) mass is 460 g/mol. The Morgan fingerprint density at radius 2 is 1.88 bits per heavy atom. The number of fused-ring (bicyclic) bond motifs is 1. The molecule has 6 nitrogen and oxygen atoms in total. The topological polar surface area (TPSA) is 87.2 Å². The third-order valence-electron chi connectivity index (χ3n) is 4.56. The van der Waals surface area contributed by atoms with Crippen molar-refractivity contribution in [3.05, 3.63) is 87.5 Å². The average Bonchev–Trinajstić information content (AvgIpc) is 3.15. The van der Waals surface area contributed by atoms with Crippen molar-refractivity contribution in [3.63, 3.8) is 0 Å². The molecule has 32 heavy (non-hydrogen) atoms. The Bertz CT molecular complexity index is 1340. The van der Waals surface area contributed by atoms with Crippen molar-refractivity contribution in [1.29, 1.82) is 0 Å². The van der Waals surface area contributed by atoms with Crippen LogP contribution in [-0.4, -0.2) is 27.8 Å². The first-order valence-corrected chi connectivity index (χ1v) is 11.7. The Hall–Kier alpha value is -3.49. The molecule has 0 fully saturated rings. The summed E-state index contributed by atoms with van der Waals surface area (Å²) in [6, 6.07) is 19.6. The predicted molar refractivity (Wildman–Crippen MR) is 133 cm³/mol. The fourth-order valence-electron chi connectivity index (χ4n) is 3.16. The highest BCUT2D eigenvalue weighted by molar-refractivity contribution is 7.99. The molecule has 1 amide bonds. The Labute approximate surface area is 193 Å². The first kappa shape index (κ1) is 21.7. The number of hydrogen-bond acceptors (Lipinski definition) is 6. The fourth-order valence-corrected chi connectivity index (χ4v) is 4.91. The van der Waals surface area contributed by atoms with Crippen molar-refractivity contribution < 1.29 is 4.79 Å². The number of hydrazone groups is 1. The molecule has 0 saturated carbocycles. The summed E-state index contributed by atoms with van der Waals surface area (Å²) >= 11 is 2.64. The van der Waals surface area contributed by atoms with Gasteiger partial charge in [-0.2, -0.15) is 5.10 Å². The molecule has 2 heterocycles. The second-order valence-electron chi connectivity index (χ2n) is 6.82. The van der Waals surface area contributed by atoms with E-state index in [9.17, 15) is 9.59 Å². The smallest absolute Gasteiger partial charge is 0.260 e. The summed E-state index contributed by atoms with van der Waals surface area (Å²) in [6.07, 6.45) is 5.15. The van der Waals surface area contributed by atoms with Gasteiger partial charge < -0.3 is 4.98 Å². The highest BCUT2D eigenvalue weighted by Gasteiger charge is 2.17. The van der Waals surface area contributed by atoms with E-state index < -0.39 is 0 Å². The molecule has 0 radical (unpaired) electrons. The van der Waals surface area contributed by atoms with E-state index >= 15 is 0 Å². The summed E-state index contributed by atoms with van der Waals surface area (Å²) in [4.78, 5) is 33.9. The number of hydrogen-bond donors (Lipinski definition) is 2. The van der Waals surface area contributed by atoms with E-state index in [4.69, 9.17) is 0 Å². The summed E-state index contributed by atoms with van der Waals surface area (Å²) in [7, 11) is 0. The average molecular weight is 461 g/mol. The molecule has 4 aromatic rings. The molecule has 8 heteroatoms. The van der Waals surface area contributed by atoms with Gasteiger partial charge in [0.1, 0.15) is 4.83 Å². The van der Waals surface area contributed by atoms with Crippen molar-refractivity contribution in [2.24, 2.45) is 5.10 Å². The number of thiophene rings is 1. The van der Waals surface area contributed by atoms with Crippen LogP contribution in [0.5, 0.6) is 0 Å². The minimum atomic E-state index is -0.283. The first-order valence-electron chi connectivity index (χ1n) is 9.87. The van der Waals surface area contributed by atoms with Gasteiger partial charge in [0.2, 0.25) is 0 Å². The van der Waals surface area contributed by atoms with E-state index in [0.717, 1.165) is 21.6 Å². The van der Waals surface area contributed by atoms with Crippen LogP contribution < -0.4 is 11.0 Å². The van der Waals surface area contributed by atoms with E-state index in [1.807, 2.05) is 73.7 Å². The maximum atomic E-state index is 12.8. The van der Waals surface area contributed by atoms with E-state index in [1.54, 1.807) is 6.08 Å². The molecule has 0 bridgehead atoms. The van der Waals surface area contributed by atoms with Gasteiger partial charge in [0, 0.05) is 16.7 Å². The number of amides is 1. The number of carbonyl (C=O) groups is 1. The molecule has 0 spiro atoms. The summed E-state index contributed by atoms with van der Waals surface area (Å²) in [6.45, 7) is 1.98. The van der Waals surface area contributed by atoms with Gasteiger partial charge in [-0.1, -0.05) is 78.5 Å². The lowest BCUT2D eigenvalue weighted by atomic mass is 10.0. The van der Waals surface area contributed by atoms with Crippen molar-refractivity contribution in [2.75, 3.05) is 5.75 Å². The van der Waals surface area contributed by atoms with Crippen LogP contribution in [0, 0.1) is 6.92 Å². The maximum absolute atomic E-state index is 12.8. The predicted octanol–water partition coefficient (Wildman–Crippen LogP) is 4.87. The fraction of sp³-hybridized carbons (Fsp3) is 0.0833. The summed E-state index contributed by atoms with van der Waals surface area (Å²) < 4.78 is 0. The number of rotatable bonds is 7. The van der Waals surface area contributed by atoms with Crippen molar-refractivity contribution >= 4 is 51.5 Å². The van der Waals surface area contributed by atoms with Crippen molar-refractivity contribution in [3.8, 4) is 11.1 Å². The standard InChI is InChI=1S/C24H20N4O2S2/c1-16-20(18-12-6-3-7-13-18)21-22(30)26-24(27-23(21)32-16)31-15-19(29)28-25-14-8-11-17-9-4-2-5-10-17/h2-14H,15H2,1H3,(H,28,29)(H,26,27,30)/b11-8+,25-14+. The van der Waals surface area contributed by atoms with Crippen molar-refractivity contribution in [1.82, 2.24) is 15.4 Å². The molecule has 2 N–H and O–H groups in total. The normalized spacial score (nSPS) is 11.5. The van der Waals surface area contributed by atoms with E-state index in [1.165, 1.54) is 29.3 Å². The van der Waals surface area contributed by atoms with Crippen molar-refractivity contribution in [2.45, 2.75) is 12.1 Å². The second-order valence-corrected chi connectivity index (χ2v) is 8.99. The van der Waals surface area contributed by atoms with Crippen LogP contribution in [0.15, 0.2) is 81.8 Å². The molecule has 2 aromatic heterocycles. The SMILES string of the molecule is Cc1sc2nc(SCC(=O)N/N=C/C=C/c3ccccc3)[nH]c(=O)c2c1-c1ccccc1. The zero-order valence-electron chi connectivity index (χ0n) is 17.2. The lowest BCUT2D eigenvalue weighted by molar-refractivity contribution is -0.118. The maximum Gasteiger partial charge on any atom is 0.260 e. The molecular weight excluding hydrogens is 440 g/mol. The van der Waals surface area contributed by atoms with E-state index in [-0.39, 0.29) is 17.2 Å². The van der Waals surface area contributed by atoms with E-state index in [0.29, 0.717) is 15.4 Å². The number of nitrogens with zero attached hydrogens (tertiary/aromatic N) is 2. The second kappa shape index (κ2) is 10.2. The van der Waals surface area contributed by atoms with Gasteiger partial charge in [-0.15, -0.1) is 11.3 Å². The lowest BCUT2D eigenvalue weighted by Crippen LogP contribution is -2.20. The summed E-state index contributed by atoms with van der Waals surface area (Å²) in [5, 5.41) is 4.89. The summed E-state index contributed by atoms with van der Waals surface area (Å²) in [5.41, 5.74) is 5.21. The van der Waals surface area contributed by atoms with Crippen LogP contribution in [0.3, 0.4) is 0 Å². The molecule has 2 aromatic carbocycles. The third-order valence-corrected chi connectivity index (χ3v) is 6.43. The van der Waals surface area contributed by atoms with Crippen LogP contribution in [0.2, 0.25) is 0 Å². The Kier molecular flexibility index (Phi) is 6.94. The number of aryl methyl sites for hydroxylation is 1. The number of allylic oxidation sites excluding steroid dienone is 1. The number of nitrogens with one attached hydrogen (secondary N) is 2. The van der Waals surface area contributed by atoms with Crippen LogP contribution in [0.25, 0.3) is 27.4 Å². The quantitative estimate of drug-likeness (QED) is 0.178. The van der Waals surface area contributed by atoms with Gasteiger partial charge in [-0.3, -0.25) is 9.59 Å². The van der Waals surface area contributed by atoms with Gasteiger partial charge in [-0.25, -0.2) is 10.4 Å². The summed E-state index contributed by atoms with van der Waals surface area (Å²) in [5.74, 6) is -0.196. The largest absolute Gasteiger partial charge is 0.301 e. The molecule has 0 atom stereocenters. The van der Waals surface area contributed by atoms with Crippen LogP contribution in [0.1, 0.15) is 10.4 Å². The van der Waals surface area contributed by atoms with Gasteiger partial charge in [-0.05, 0) is 24.1 Å². The van der Waals surface area contributed by atoms with Gasteiger partial charge in [0.15, 0.2) is 5.16 Å². The molecular formula is C24H20N4O2S2. The highest BCUT2D eigenvalue weighted by atomic mass is 32.2. The Balaban J connectivity index is 1.39. The zero-order chi connectivity index (χ0) is 22.3. The molecule has 0 saturated heterocycles. The Morgan fingerprint density at radius 1 is 1.16 bits per heavy atom. The number of aromatic nitrogens is 2. The number of aromatic amines is 1. The molecule has 160 valence electrons. The van der Waals surface area contributed by atoms with Gasteiger partial charge in [0.05, 0.1) is 11.1 Å². The van der Waals surface area contributed by atoms with Gasteiger partial charge in [0.25, 0.3) is 11.5 Å². The van der Waals surface area contributed by atoms with E-state index in [2.05, 4.69) is 20.5 Å². The van der Waals surface area contributed by atoms with Crippen LogP contribution in [-0.2, 0) is 4.79 Å². The third kappa shape index (κ3) is 5.22. The highest BCUT2D eigenvalue weighted by Crippen LogP contribution is 2.35. The number of benzene rings is 2. The number of carbonyl (C=O) groups excluding carboxylic acids is 1. The Morgan fingerprint density at radius 3 is 2.62 bits per heavy atom. The molecule has 0 aliphatic rings. The zero-order valence-corrected chi connectivity index (χ0v) is 18.9. The number of H-pyrrole nitrogens is 1. The minimum absolute atomic E-state index is 0.0874. The minimum Gasteiger partial charge on any atom is -0.301 e. The first-order chi connectivity index (χ1) is 15.6. The molecule has 0 unspecified atom stereocenters.